The maximum atomic E-state index is 11.6. The van der Waals surface area contributed by atoms with Crippen LogP contribution in [0, 0.1) is 0 Å². The summed E-state index contributed by atoms with van der Waals surface area (Å²) in [6, 6.07) is 14.3. The molecule has 1 aromatic carbocycles. The van der Waals surface area contributed by atoms with Gasteiger partial charge in [0.1, 0.15) is 17.4 Å². The Morgan fingerprint density at radius 2 is 1.95 bits per heavy atom. The van der Waals surface area contributed by atoms with E-state index in [-0.39, 0.29) is 12.1 Å². The Morgan fingerprint density at radius 3 is 2.74 bits per heavy atom. The molecule has 0 bridgehead atoms. The van der Waals surface area contributed by atoms with Crippen molar-refractivity contribution in [2.45, 2.75) is 12.6 Å². The summed E-state index contributed by atoms with van der Waals surface area (Å²) in [5.41, 5.74) is 0.592. The van der Waals surface area contributed by atoms with E-state index in [1.165, 1.54) is 10.6 Å². The molecule has 1 unspecified atom stereocenters. The number of furan rings is 1. The van der Waals surface area contributed by atoms with E-state index < -0.39 is 6.10 Å². The number of benzene rings is 1. The van der Waals surface area contributed by atoms with Gasteiger partial charge in [0.25, 0.3) is 5.56 Å². The maximum Gasteiger partial charge on any atom is 0.250 e. The molecule has 4 heteroatoms. The molecule has 0 radical (unpaired) electrons. The van der Waals surface area contributed by atoms with Crippen molar-refractivity contribution in [1.29, 1.82) is 0 Å². The largest absolute Gasteiger partial charge is 0.458 e. The normalized spacial score (nSPS) is 12.7. The van der Waals surface area contributed by atoms with Gasteiger partial charge in [0, 0.05) is 17.6 Å². The molecule has 4 nitrogen and oxygen atoms in total. The van der Waals surface area contributed by atoms with E-state index in [1.54, 1.807) is 24.4 Å². The van der Waals surface area contributed by atoms with Crippen LogP contribution < -0.4 is 5.56 Å². The fourth-order valence-corrected chi connectivity index (χ4v) is 2.05. The first-order valence-electron chi connectivity index (χ1n) is 6.06. The molecule has 3 rings (SSSR count). The van der Waals surface area contributed by atoms with Crippen molar-refractivity contribution in [3.05, 3.63) is 70.8 Å². The Bertz CT molecular complexity index is 724. The van der Waals surface area contributed by atoms with Crippen molar-refractivity contribution >= 4 is 11.0 Å². The summed E-state index contributed by atoms with van der Waals surface area (Å²) in [4.78, 5) is 11.6. The first kappa shape index (κ1) is 11.7. The van der Waals surface area contributed by atoms with Gasteiger partial charge in [-0.2, -0.15) is 0 Å². The monoisotopic (exact) mass is 255 g/mol. The molecule has 2 aromatic heterocycles. The lowest BCUT2D eigenvalue weighted by Gasteiger charge is -2.09. The van der Waals surface area contributed by atoms with Crippen molar-refractivity contribution < 1.29 is 9.52 Å². The van der Waals surface area contributed by atoms with E-state index in [1.807, 2.05) is 24.3 Å². The fourth-order valence-electron chi connectivity index (χ4n) is 2.05. The third-order valence-electron chi connectivity index (χ3n) is 3.04. The summed E-state index contributed by atoms with van der Waals surface area (Å²) in [6.45, 7) is 0.180. The van der Waals surface area contributed by atoms with Gasteiger partial charge >= 0.3 is 0 Å². The summed E-state index contributed by atoms with van der Waals surface area (Å²) < 4.78 is 7.03. The third kappa shape index (κ3) is 2.30. The molecule has 0 amide bonds. The molecular formula is C15H13NO3. The van der Waals surface area contributed by atoms with Crippen LogP contribution in [-0.4, -0.2) is 9.67 Å². The molecule has 19 heavy (non-hydrogen) atoms. The van der Waals surface area contributed by atoms with Gasteiger partial charge < -0.3 is 14.1 Å². The molecule has 0 spiro atoms. The van der Waals surface area contributed by atoms with Gasteiger partial charge in [0.05, 0.1) is 6.54 Å². The average Bonchev–Trinajstić information content (AvgIpc) is 2.85. The fraction of sp³-hybridized carbons (Fsp3) is 0.133. The molecule has 2 heterocycles. The van der Waals surface area contributed by atoms with Crippen molar-refractivity contribution in [3.8, 4) is 0 Å². The highest BCUT2D eigenvalue weighted by Crippen LogP contribution is 2.24. The molecule has 3 aromatic rings. The zero-order valence-corrected chi connectivity index (χ0v) is 10.2. The predicted molar refractivity (Wildman–Crippen MR) is 71.9 cm³/mol. The van der Waals surface area contributed by atoms with Gasteiger partial charge in [-0.15, -0.1) is 0 Å². The summed E-state index contributed by atoms with van der Waals surface area (Å²) in [6.07, 6.45) is 0.807. The van der Waals surface area contributed by atoms with Crippen molar-refractivity contribution in [2.75, 3.05) is 0 Å². The molecule has 0 saturated carbocycles. The highest BCUT2D eigenvalue weighted by Gasteiger charge is 2.14. The number of para-hydroxylation sites is 1. The highest BCUT2D eigenvalue weighted by atomic mass is 16.4. The lowest BCUT2D eigenvalue weighted by Crippen LogP contribution is -2.21. The summed E-state index contributed by atoms with van der Waals surface area (Å²) in [7, 11) is 0. The van der Waals surface area contributed by atoms with E-state index in [4.69, 9.17) is 4.42 Å². The van der Waals surface area contributed by atoms with E-state index in [2.05, 4.69) is 0 Å². The summed E-state index contributed by atoms with van der Waals surface area (Å²) in [5, 5.41) is 11.1. The molecule has 1 N–H and O–H groups in total. The molecule has 0 aliphatic heterocycles. The minimum atomic E-state index is -0.840. The minimum absolute atomic E-state index is 0.141. The van der Waals surface area contributed by atoms with Crippen molar-refractivity contribution in [1.82, 2.24) is 4.57 Å². The third-order valence-corrected chi connectivity index (χ3v) is 3.04. The number of aromatic nitrogens is 1. The molecule has 96 valence electrons. The molecule has 0 fully saturated rings. The quantitative estimate of drug-likeness (QED) is 0.781. The average molecular weight is 255 g/mol. The van der Waals surface area contributed by atoms with Crippen LogP contribution in [0.5, 0.6) is 0 Å². The van der Waals surface area contributed by atoms with Gasteiger partial charge in [-0.3, -0.25) is 4.79 Å². The zero-order chi connectivity index (χ0) is 13.2. The van der Waals surface area contributed by atoms with Crippen molar-refractivity contribution in [3.63, 3.8) is 0 Å². The Kier molecular flexibility index (Phi) is 2.93. The summed E-state index contributed by atoms with van der Waals surface area (Å²) >= 11 is 0. The Balaban J connectivity index is 1.90. The smallest absolute Gasteiger partial charge is 0.250 e. The van der Waals surface area contributed by atoms with Crippen LogP contribution in [0.1, 0.15) is 11.9 Å². The van der Waals surface area contributed by atoms with Crippen LogP contribution in [0.25, 0.3) is 11.0 Å². The maximum absolute atomic E-state index is 11.6. The van der Waals surface area contributed by atoms with Gasteiger partial charge in [-0.25, -0.2) is 0 Å². The number of nitrogens with zero attached hydrogens (tertiary/aromatic N) is 1. The Labute approximate surface area is 109 Å². The molecular weight excluding hydrogens is 242 g/mol. The van der Waals surface area contributed by atoms with Crippen LogP contribution in [0.2, 0.25) is 0 Å². The first-order valence-corrected chi connectivity index (χ1v) is 6.06. The number of aliphatic hydroxyl groups excluding tert-OH is 1. The zero-order valence-electron chi connectivity index (χ0n) is 10.2. The second kappa shape index (κ2) is 4.74. The van der Waals surface area contributed by atoms with Crippen molar-refractivity contribution in [2.24, 2.45) is 0 Å². The second-order valence-corrected chi connectivity index (χ2v) is 4.39. The van der Waals surface area contributed by atoms with E-state index in [9.17, 15) is 9.90 Å². The first-order chi connectivity index (χ1) is 9.24. The van der Waals surface area contributed by atoms with E-state index in [0.29, 0.717) is 5.76 Å². The van der Waals surface area contributed by atoms with Crippen LogP contribution >= 0.6 is 0 Å². The number of pyridine rings is 1. The lowest BCUT2D eigenvalue weighted by molar-refractivity contribution is 0.131. The van der Waals surface area contributed by atoms with Gasteiger partial charge in [-0.05, 0) is 18.2 Å². The van der Waals surface area contributed by atoms with E-state index in [0.717, 1.165) is 11.0 Å². The minimum Gasteiger partial charge on any atom is -0.458 e. The SMILES string of the molecule is O=c1ccccn1CC(O)c1cc2ccccc2o1. The van der Waals surface area contributed by atoms with Crippen LogP contribution in [-0.2, 0) is 6.54 Å². The Hall–Kier alpha value is -2.33. The number of rotatable bonds is 3. The standard InChI is InChI=1S/C15H13NO3/c17-12(10-16-8-4-3-7-15(16)18)14-9-11-5-1-2-6-13(11)19-14/h1-9,12,17H,10H2. The molecule has 0 aliphatic carbocycles. The molecule has 0 aliphatic rings. The topological polar surface area (TPSA) is 55.4 Å². The van der Waals surface area contributed by atoms with Gasteiger partial charge in [0.15, 0.2) is 0 Å². The molecule has 0 saturated heterocycles. The van der Waals surface area contributed by atoms with Crippen LogP contribution in [0.3, 0.4) is 0 Å². The number of hydrogen-bond acceptors (Lipinski definition) is 3. The number of fused-ring (bicyclic) bond motifs is 1. The number of hydrogen-bond donors (Lipinski definition) is 1. The van der Waals surface area contributed by atoms with Gasteiger partial charge in [-0.1, -0.05) is 24.3 Å². The molecule has 1 atom stereocenters. The van der Waals surface area contributed by atoms with Gasteiger partial charge in [0.2, 0.25) is 0 Å². The second-order valence-electron chi connectivity index (χ2n) is 4.39. The van der Waals surface area contributed by atoms with Crippen LogP contribution in [0.4, 0.5) is 0 Å². The lowest BCUT2D eigenvalue weighted by atomic mass is 10.2. The highest BCUT2D eigenvalue weighted by molar-refractivity contribution is 5.77. The number of aliphatic hydroxyl groups is 1. The Morgan fingerprint density at radius 1 is 1.16 bits per heavy atom. The predicted octanol–water partition coefficient (Wildman–Crippen LogP) is 2.33. The van der Waals surface area contributed by atoms with E-state index >= 15 is 0 Å². The van der Waals surface area contributed by atoms with Crippen LogP contribution in [0.15, 0.2) is 63.9 Å². The summed E-state index contributed by atoms with van der Waals surface area (Å²) in [5.74, 6) is 0.469.